The summed E-state index contributed by atoms with van der Waals surface area (Å²) in [5.41, 5.74) is 1.21. The van der Waals surface area contributed by atoms with Crippen molar-refractivity contribution in [2.45, 2.75) is 19.6 Å². The fourth-order valence-electron chi connectivity index (χ4n) is 1.58. The minimum Gasteiger partial charge on any atom is -0.228 e. The van der Waals surface area contributed by atoms with Gasteiger partial charge in [-0.05, 0) is 30.0 Å². The standard InChI is InChI=1S/C12H14O2S2/c1-3-16(13,14)8-11-7-10-5-4-9(2)6-12(10)15-11/h4-7H,3,8H2,1-2H3. The Labute approximate surface area is 99.8 Å². The van der Waals surface area contributed by atoms with E-state index in [0.29, 0.717) is 0 Å². The average Bonchev–Trinajstić information content (AvgIpc) is 2.58. The molecular formula is C12H14O2S2. The summed E-state index contributed by atoms with van der Waals surface area (Å²) in [6, 6.07) is 8.17. The molecular weight excluding hydrogens is 240 g/mol. The van der Waals surface area contributed by atoms with Crippen molar-refractivity contribution in [1.82, 2.24) is 0 Å². The van der Waals surface area contributed by atoms with Gasteiger partial charge in [-0.3, -0.25) is 0 Å². The van der Waals surface area contributed by atoms with Gasteiger partial charge >= 0.3 is 0 Å². The van der Waals surface area contributed by atoms with Crippen LogP contribution in [0.25, 0.3) is 10.1 Å². The number of thiophene rings is 1. The molecule has 0 saturated carbocycles. The van der Waals surface area contributed by atoms with Gasteiger partial charge in [-0.15, -0.1) is 11.3 Å². The molecule has 0 bridgehead atoms. The van der Waals surface area contributed by atoms with Crippen molar-refractivity contribution < 1.29 is 8.42 Å². The van der Waals surface area contributed by atoms with Gasteiger partial charge in [0.25, 0.3) is 0 Å². The van der Waals surface area contributed by atoms with E-state index in [2.05, 4.69) is 6.07 Å². The molecule has 0 N–H and O–H groups in total. The van der Waals surface area contributed by atoms with Crippen molar-refractivity contribution in [3.8, 4) is 0 Å². The highest BCUT2D eigenvalue weighted by Crippen LogP contribution is 2.27. The van der Waals surface area contributed by atoms with E-state index in [9.17, 15) is 8.42 Å². The number of hydrogen-bond acceptors (Lipinski definition) is 3. The van der Waals surface area contributed by atoms with Gasteiger partial charge < -0.3 is 0 Å². The van der Waals surface area contributed by atoms with Gasteiger partial charge in [0.1, 0.15) is 0 Å². The summed E-state index contributed by atoms with van der Waals surface area (Å²) in [4.78, 5) is 0.933. The van der Waals surface area contributed by atoms with Crippen molar-refractivity contribution in [2.75, 3.05) is 5.75 Å². The van der Waals surface area contributed by atoms with Crippen LogP contribution in [0.1, 0.15) is 17.4 Å². The normalized spacial score (nSPS) is 12.1. The lowest BCUT2D eigenvalue weighted by Crippen LogP contribution is -2.04. The van der Waals surface area contributed by atoms with Gasteiger partial charge in [0.05, 0.1) is 5.75 Å². The van der Waals surface area contributed by atoms with Crippen molar-refractivity contribution in [2.24, 2.45) is 0 Å². The van der Waals surface area contributed by atoms with Crippen LogP contribution in [0.3, 0.4) is 0 Å². The molecule has 2 rings (SSSR count). The van der Waals surface area contributed by atoms with Crippen LogP contribution in [-0.4, -0.2) is 14.2 Å². The maximum atomic E-state index is 11.5. The fourth-order valence-corrected chi connectivity index (χ4v) is 4.04. The number of fused-ring (bicyclic) bond motifs is 1. The molecule has 0 amide bonds. The Bertz CT molecular complexity index is 609. The van der Waals surface area contributed by atoms with Gasteiger partial charge in [-0.25, -0.2) is 8.42 Å². The summed E-state index contributed by atoms with van der Waals surface area (Å²) in [6.07, 6.45) is 0. The first kappa shape index (κ1) is 11.6. The maximum absolute atomic E-state index is 11.5. The molecule has 16 heavy (non-hydrogen) atoms. The zero-order valence-corrected chi connectivity index (χ0v) is 11.0. The molecule has 86 valence electrons. The van der Waals surface area contributed by atoms with Crippen molar-refractivity contribution >= 4 is 31.3 Å². The van der Waals surface area contributed by atoms with E-state index < -0.39 is 9.84 Å². The first-order valence-electron chi connectivity index (χ1n) is 5.19. The van der Waals surface area contributed by atoms with Crippen LogP contribution in [0.2, 0.25) is 0 Å². The average molecular weight is 254 g/mol. The molecule has 0 spiro atoms. The highest BCUT2D eigenvalue weighted by Gasteiger charge is 2.11. The molecule has 0 fully saturated rings. The number of sulfone groups is 1. The first-order chi connectivity index (χ1) is 7.50. The number of rotatable bonds is 3. The zero-order valence-electron chi connectivity index (χ0n) is 9.36. The lowest BCUT2D eigenvalue weighted by atomic mass is 10.2. The van der Waals surface area contributed by atoms with Crippen molar-refractivity contribution in [1.29, 1.82) is 0 Å². The SMILES string of the molecule is CCS(=O)(=O)Cc1cc2ccc(C)cc2s1. The second-order valence-corrected chi connectivity index (χ2v) is 7.45. The lowest BCUT2D eigenvalue weighted by molar-refractivity contribution is 0.597. The lowest BCUT2D eigenvalue weighted by Gasteiger charge is -1.96. The quantitative estimate of drug-likeness (QED) is 0.843. The second-order valence-electron chi connectivity index (χ2n) is 3.93. The summed E-state index contributed by atoms with van der Waals surface area (Å²) in [5, 5.41) is 1.14. The van der Waals surface area contributed by atoms with Gasteiger partial charge in [-0.1, -0.05) is 19.1 Å². The molecule has 0 aliphatic carbocycles. The molecule has 0 aliphatic heterocycles. The van der Waals surface area contributed by atoms with Crippen LogP contribution in [0.5, 0.6) is 0 Å². The molecule has 0 aliphatic rings. The summed E-state index contributed by atoms with van der Waals surface area (Å²) >= 11 is 1.57. The summed E-state index contributed by atoms with van der Waals surface area (Å²) < 4.78 is 24.2. The van der Waals surface area contributed by atoms with Gasteiger partial charge in [0, 0.05) is 15.3 Å². The van der Waals surface area contributed by atoms with Crippen molar-refractivity contribution in [3.63, 3.8) is 0 Å². The summed E-state index contributed by atoms with van der Waals surface area (Å²) in [7, 11) is -2.92. The number of benzene rings is 1. The molecule has 1 heterocycles. The Kier molecular flexibility index (Phi) is 3.04. The Morgan fingerprint density at radius 2 is 2.00 bits per heavy atom. The van der Waals surface area contributed by atoms with Gasteiger partial charge in [0.2, 0.25) is 0 Å². The molecule has 0 radical (unpaired) electrons. The van der Waals surface area contributed by atoms with Crippen LogP contribution < -0.4 is 0 Å². The van der Waals surface area contributed by atoms with E-state index in [1.165, 1.54) is 10.3 Å². The van der Waals surface area contributed by atoms with Gasteiger partial charge in [0.15, 0.2) is 9.84 Å². The maximum Gasteiger partial charge on any atom is 0.154 e. The van der Waals surface area contributed by atoms with E-state index in [-0.39, 0.29) is 11.5 Å². The Morgan fingerprint density at radius 1 is 1.25 bits per heavy atom. The molecule has 2 aromatic rings. The molecule has 0 atom stereocenters. The predicted molar refractivity (Wildman–Crippen MR) is 69.7 cm³/mol. The molecule has 4 heteroatoms. The zero-order chi connectivity index (χ0) is 11.8. The van der Waals surface area contributed by atoms with Crippen LogP contribution in [0.15, 0.2) is 24.3 Å². The molecule has 2 nitrogen and oxygen atoms in total. The minimum absolute atomic E-state index is 0.169. The Morgan fingerprint density at radius 3 is 2.69 bits per heavy atom. The van der Waals surface area contributed by atoms with Crippen LogP contribution in [-0.2, 0) is 15.6 Å². The van der Waals surface area contributed by atoms with Crippen LogP contribution in [0, 0.1) is 6.92 Å². The minimum atomic E-state index is -2.92. The number of aryl methyl sites for hydroxylation is 1. The Balaban J connectivity index is 2.40. The molecule has 1 aromatic heterocycles. The highest BCUT2D eigenvalue weighted by atomic mass is 32.2. The third kappa shape index (κ3) is 2.44. The van der Waals surface area contributed by atoms with E-state index in [1.54, 1.807) is 18.3 Å². The third-order valence-electron chi connectivity index (χ3n) is 2.53. The third-order valence-corrected chi connectivity index (χ3v) is 5.44. The van der Waals surface area contributed by atoms with E-state index >= 15 is 0 Å². The first-order valence-corrected chi connectivity index (χ1v) is 7.83. The second kappa shape index (κ2) is 4.18. The van der Waals surface area contributed by atoms with E-state index in [4.69, 9.17) is 0 Å². The molecule has 0 saturated heterocycles. The number of hydrogen-bond donors (Lipinski definition) is 0. The van der Waals surface area contributed by atoms with Crippen LogP contribution in [0.4, 0.5) is 0 Å². The summed E-state index contributed by atoms with van der Waals surface area (Å²) in [6.45, 7) is 3.73. The van der Waals surface area contributed by atoms with Gasteiger partial charge in [-0.2, -0.15) is 0 Å². The molecule has 0 unspecified atom stereocenters. The smallest absolute Gasteiger partial charge is 0.154 e. The van der Waals surface area contributed by atoms with E-state index in [0.717, 1.165) is 10.3 Å². The topological polar surface area (TPSA) is 34.1 Å². The highest BCUT2D eigenvalue weighted by molar-refractivity contribution is 7.90. The monoisotopic (exact) mass is 254 g/mol. The van der Waals surface area contributed by atoms with E-state index in [1.807, 2.05) is 25.1 Å². The predicted octanol–water partition coefficient (Wildman–Crippen LogP) is 3.14. The summed E-state index contributed by atoms with van der Waals surface area (Å²) in [5.74, 6) is 0.377. The van der Waals surface area contributed by atoms with Crippen LogP contribution >= 0.6 is 11.3 Å². The fraction of sp³-hybridized carbons (Fsp3) is 0.333. The Hall–Kier alpha value is -0.870. The van der Waals surface area contributed by atoms with Crippen molar-refractivity contribution in [3.05, 3.63) is 34.7 Å². The molecule has 1 aromatic carbocycles. The largest absolute Gasteiger partial charge is 0.228 e.